The second-order valence-corrected chi connectivity index (χ2v) is 40.4. The molecule has 0 bridgehead atoms. The van der Waals surface area contributed by atoms with Crippen LogP contribution in [-0.4, -0.2) is 167 Å². The molecular formula is C82H80Cl2N12O12S8. The van der Waals surface area contributed by atoms with Gasteiger partial charge in [-0.3, -0.25) is 42.1 Å². The number of carbonyl (C=O) groups is 7. The average molecular weight is 1750 g/mol. The molecule has 34 heteroatoms. The molecule has 24 nitrogen and oxygen atoms in total. The fourth-order valence-corrected chi connectivity index (χ4v) is 21.2. The lowest BCUT2D eigenvalue weighted by atomic mass is 10.1. The van der Waals surface area contributed by atoms with Gasteiger partial charge in [0.1, 0.15) is 11.5 Å². The van der Waals surface area contributed by atoms with Gasteiger partial charge in [0.25, 0.3) is 0 Å². The highest BCUT2D eigenvalue weighted by Crippen LogP contribution is 2.31. The zero-order valence-electron chi connectivity index (χ0n) is 63.1. The van der Waals surface area contributed by atoms with E-state index >= 15 is 0 Å². The van der Waals surface area contributed by atoms with Gasteiger partial charge in [0, 0.05) is 149 Å². The minimum absolute atomic E-state index is 0.0187. The van der Waals surface area contributed by atoms with Gasteiger partial charge < -0.3 is 33.0 Å². The number of anilines is 4. The summed E-state index contributed by atoms with van der Waals surface area (Å²) in [5.41, 5.74) is 10.1. The Labute approximate surface area is 704 Å². The van der Waals surface area contributed by atoms with E-state index < -0.39 is 42.3 Å². The van der Waals surface area contributed by atoms with E-state index in [-0.39, 0.29) is 58.8 Å². The van der Waals surface area contributed by atoms with E-state index in [9.17, 15) is 54.6 Å². The van der Waals surface area contributed by atoms with Gasteiger partial charge in [-0.2, -0.15) is 11.8 Å². The molecule has 3 amide bonds. The Balaban J connectivity index is 0.000000135. The van der Waals surface area contributed by atoms with E-state index in [2.05, 4.69) is 19.9 Å². The van der Waals surface area contributed by atoms with Crippen LogP contribution < -0.4 is 19.0 Å². The van der Waals surface area contributed by atoms with Gasteiger partial charge in [-0.1, -0.05) is 23.2 Å². The third-order valence-corrected chi connectivity index (χ3v) is 29.4. The molecule has 4 aliphatic rings. The first-order valence-corrected chi connectivity index (χ1v) is 47.3. The Morgan fingerprint density at radius 3 is 1.12 bits per heavy atom. The Bertz CT molecular complexity index is 5790. The first kappa shape index (κ1) is 84.3. The monoisotopic (exact) mass is 1750 g/mol. The van der Waals surface area contributed by atoms with Crippen LogP contribution in [0.1, 0.15) is 110 Å². The van der Waals surface area contributed by atoms with Gasteiger partial charge in [-0.15, -0.1) is 45.3 Å². The summed E-state index contributed by atoms with van der Waals surface area (Å²) in [6.07, 6.45) is 20.1. The number of sulfone groups is 1. The van der Waals surface area contributed by atoms with Crippen LogP contribution in [0.3, 0.4) is 0 Å². The van der Waals surface area contributed by atoms with Crippen molar-refractivity contribution in [1.82, 2.24) is 38.2 Å². The summed E-state index contributed by atoms with van der Waals surface area (Å²) in [4.78, 5) is 113. The standard InChI is InChI=1S/C21H21N3O4S2.C21H21N3O2S2.C20H18ClN3O3S2.C20H20ClN3O3S2/c1-15-2-9-20(29-15)19(25)8-3-16-12-23(14-22-16)17-4-6-18(7-5-17)24-10-11-30(27,28)13-21(24)26;1-15-2-9-20(28-15)19(25)8-3-16-12-23(14-22-16)17-4-6-18(7-5-17)24-10-11-27-13-21(24)26;21-19-8-7-18(28-19)17(25)6-1-14-11-23(13-22-14)15-2-4-16(5-3-15)24-9-10-29(27)12-20(24)26;21-20-10-9-19(28-20)18(25)8-3-15-13-23(14-22-15)16-4-6-17(7-5-16)24-11-1-2-12-29(24,26)27/h2,4-7,9,12,14H,3,8,10-11,13H2,1H3;2,4-7,9,12,14H,3,8,10-11,13H2,1H3;2-5,7-8,11,13H,1,6,9-10,12H2;4-7,9-10,13-14H,1-3,8,11-12H2. The zero-order valence-corrected chi connectivity index (χ0v) is 71.2. The predicted octanol–water partition coefficient (Wildman–Crippen LogP) is 14.8. The Morgan fingerprint density at radius 1 is 0.414 bits per heavy atom. The normalized spacial score (nSPS) is 15.9. The molecule has 0 aliphatic carbocycles. The molecule has 4 fully saturated rings. The molecule has 602 valence electrons. The number of hydrogen-bond donors (Lipinski definition) is 0. The molecule has 0 saturated carbocycles. The third-order valence-electron chi connectivity index (χ3n) is 19.3. The minimum Gasteiger partial charge on any atom is -0.311 e. The molecule has 0 N–H and O–H groups in total. The molecule has 16 rings (SSSR count). The molecule has 4 aromatic carbocycles. The van der Waals surface area contributed by atoms with Crippen molar-refractivity contribution >= 4 is 175 Å². The zero-order chi connectivity index (χ0) is 81.6. The lowest BCUT2D eigenvalue weighted by Crippen LogP contribution is -2.45. The van der Waals surface area contributed by atoms with Crippen LogP contribution in [-0.2, 0) is 70.7 Å². The van der Waals surface area contributed by atoms with Crippen molar-refractivity contribution in [3.05, 3.63) is 256 Å². The molecule has 116 heavy (non-hydrogen) atoms. The first-order chi connectivity index (χ1) is 55.8. The number of benzene rings is 4. The number of amides is 3. The third kappa shape index (κ3) is 22.4. The summed E-state index contributed by atoms with van der Waals surface area (Å²) in [5.74, 6) is 1.94. The highest BCUT2D eigenvalue weighted by molar-refractivity contribution is 8.00. The molecule has 12 heterocycles. The molecule has 4 aliphatic heterocycles. The number of thiophene rings is 4. The maximum absolute atomic E-state index is 12.3. The molecule has 8 aromatic heterocycles. The van der Waals surface area contributed by atoms with E-state index in [1.165, 1.54) is 43.2 Å². The molecular weight excluding hydrogens is 1670 g/mol. The van der Waals surface area contributed by atoms with E-state index in [0.29, 0.717) is 106 Å². The number of aromatic nitrogens is 8. The van der Waals surface area contributed by atoms with E-state index in [4.69, 9.17) is 23.2 Å². The second-order valence-electron chi connectivity index (χ2n) is 27.5. The Hall–Kier alpha value is -9.61. The van der Waals surface area contributed by atoms with Crippen molar-refractivity contribution in [1.29, 1.82) is 0 Å². The number of Topliss-reactive ketones (excluding diaryl/α,β-unsaturated/α-hetero) is 4. The van der Waals surface area contributed by atoms with Crippen LogP contribution >= 0.6 is 80.3 Å². The topological polar surface area (TPSA) is 289 Å². The number of hydrogen-bond acceptors (Lipinski definition) is 21. The Kier molecular flexibility index (Phi) is 28.1. The highest BCUT2D eigenvalue weighted by atomic mass is 35.5. The fraction of sp³-hybridized carbons (Fsp3) is 0.280. The number of sulfonamides is 1. The summed E-state index contributed by atoms with van der Waals surface area (Å²) >= 11 is 19.1. The van der Waals surface area contributed by atoms with Crippen molar-refractivity contribution < 1.29 is 54.6 Å². The van der Waals surface area contributed by atoms with Gasteiger partial charge in [0.15, 0.2) is 33.0 Å². The van der Waals surface area contributed by atoms with Crippen LogP contribution in [0, 0.1) is 13.8 Å². The van der Waals surface area contributed by atoms with Crippen LogP contribution in [0.25, 0.3) is 22.7 Å². The van der Waals surface area contributed by atoms with E-state index in [0.717, 1.165) is 102 Å². The maximum Gasteiger partial charge on any atom is 0.242 e. The number of aryl methyl sites for hydroxylation is 6. The molecule has 0 spiro atoms. The minimum atomic E-state index is -3.28. The van der Waals surface area contributed by atoms with Crippen molar-refractivity contribution in [3.8, 4) is 22.7 Å². The number of carbonyl (C=O) groups excluding carboxylic acids is 7. The van der Waals surface area contributed by atoms with E-state index in [1.54, 1.807) is 89.7 Å². The number of nitrogens with zero attached hydrogens (tertiary/aromatic N) is 12. The second kappa shape index (κ2) is 38.6. The SMILES string of the molecule is Cc1ccc(C(=O)CCc2cn(-c3ccc(N4CCS(=O)(=O)CC4=O)cc3)cn2)s1.Cc1ccc(C(=O)CCc2cn(-c3ccc(N4CCSCC4=O)cc3)cn2)s1.O=C(CCc1cn(-c2ccc(N3CCCCS3(=O)=O)cc2)cn1)c1ccc(Cl)s1.O=C(CCc1cn(-c2ccc(N3CCS(=O)CC3=O)cc2)cn1)c1ccc(Cl)s1. The first-order valence-electron chi connectivity index (χ1n) is 37.2. The highest BCUT2D eigenvalue weighted by Gasteiger charge is 2.31. The summed E-state index contributed by atoms with van der Waals surface area (Å²) in [6, 6.07) is 44.9. The number of imidazole rings is 4. The summed E-state index contributed by atoms with van der Waals surface area (Å²) in [5, 5.41) is 0. The van der Waals surface area contributed by atoms with Gasteiger partial charge in [0.2, 0.25) is 27.7 Å². The number of thioether (sulfide) groups is 1. The lowest BCUT2D eigenvalue weighted by molar-refractivity contribution is -0.117. The van der Waals surface area contributed by atoms with Crippen LogP contribution in [0.2, 0.25) is 8.67 Å². The molecule has 1 atom stereocenters. The molecule has 4 saturated heterocycles. The van der Waals surface area contributed by atoms with E-state index in [1.807, 2.05) is 171 Å². The van der Waals surface area contributed by atoms with Crippen LogP contribution in [0.5, 0.6) is 0 Å². The largest absolute Gasteiger partial charge is 0.311 e. The molecule has 1 unspecified atom stereocenters. The maximum atomic E-state index is 12.3. The van der Waals surface area contributed by atoms with Gasteiger partial charge in [0.05, 0.1) is 99.2 Å². The number of halogens is 2. The number of rotatable bonds is 24. The lowest BCUT2D eigenvalue weighted by Gasteiger charge is -2.28. The van der Waals surface area contributed by atoms with Gasteiger partial charge in [-0.05, 0) is 198 Å². The van der Waals surface area contributed by atoms with Crippen molar-refractivity contribution in [2.75, 3.05) is 85.5 Å². The van der Waals surface area contributed by atoms with Crippen LogP contribution in [0.4, 0.5) is 22.7 Å². The molecule has 0 radical (unpaired) electrons. The average Bonchev–Trinajstić information content (AvgIpc) is 0.992. The molecule has 12 aromatic rings. The Morgan fingerprint density at radius 2 is 0.776 bits per heavy atom. The fourth-order valence-electron chi connectivity index (χ4n) is 13.0. The van der Waals surface area contributed by atoms with Crippen molar-refractivity contribution in [3.63, 3.8) is 0 Å². The van der Waals surface area contributed by atoms with Crippen LogP contribution in [0.15, 0.2) is 196 Å². The quantitative estimate of drug-likeness (QED) is 0.0508. The predicted molar refractivity (Wildman–Crippen MR) is 463 cm³/mol. The summed E-state index contributed by atoms with van der Waals surface area (Å²) in [6.45, 7) is 5.93. The van der Waals surface area contributed by atoms with Crippen molar-refractivity contribution in [2.45, 2.75) is 78.1 Å². The number of ketones is 4. The summed E-state index contributed by atoms with van der Waals surface area (Å²) in [7, 11) is -7.53. The smallest absolute Gasteiger partial charge is 0.242 e. The van der Waals surface area contributed by atoms with Gasteiger partial charge in [-0.25, -0.2) is 36.8 Å². The van der Waals surface area contributed by atoms with Gasteiger partial charge >= 0.3 is 0 Å². The van der Waals surface area contributed by atoms with Crippen molar-refractivity contribution in [2.24, 2.45) is 0 Å². The summed E-state index contributed by atoms with van der Waals surface area (Å²) < 4.78 is 69.4.